The molecule has 0 radical (unpaired) electrons. The molecule has 0 saturated carbocycles. The van der Waals surface area contributed by atoms with Gasteiger partial charge >= 0.3 is 0 Å². The highest BCUT2D eigenvalue weighted by atomic mass is 32.2. The zero-order valence-corrected chi connectivity index (χ0v) is 12.2. The molecule has 0 aliphatic rings. The van der Waals surface area contributed by atoms with Crippen molar-refractivity contribution in [1.82, 2.24) is 14.9 Å². The first-order chi connectivity index (χ1) is 9.40. The van der Waals surface area contributed by atoms with E-state index >= 15 is 0 Å². The van der Waals surface area contributed by atoms with Crippen LogP contribution in [0.1, 0.15) is 17.3 Å². The van der Waals surface area contributed by atoms with Crippen LogP contribution in [0.15, 0.2) is 33.7 Å². The van der Waals surface area contributed by atoms with E-state index in [2.05, 4.69) is 14.9 Å². The highest BCUT2D eigenvalue weighted by molar-refractivity contribution is 7.89. The van der Waals surface area contributed by atoms with Crippen LogP contribution in [-0.4, -0.2) is 23.5 Å². The van der Waals surface area contributed by atoms with Gasteiger partial charge in [-0.05, 0) is 6.07 Å². The third-order valence-corrected chi connectivity index (χ3v) is 4.11. The summed E-state index contributed by atoms with van der Waals surface area (Å²) in [6.45, 7) is 1.54. The lowest BCUT2D eigenvalue weighted by Gasteiger charge is -2.09. The minimum absolute atomic E-state index is 0.0152. The standard InChI is InChI=1S/C11H12N4O3S2/c1-7-14-10(15-18-7)6-13-20(16,17)9-5-3-2-4-8(9)11(12)19/h2-5,13H,6H2,1H3,(H2,12,19). The number of nitrogens with two attached hydrogens (primary N) is 1. The van der Waals surface area contributed by atoms with Crippen molar-refractivity contribution in [3.63, 3.8) is 0 Å². The molecule has 0 bridgehead atoms. The van der Waals surface area contributed by atoms with Crippen molar-refractivity contribution in [3.05, 3.63) is 41.5 Å². The van der Waals surface area contributed by atoms with E-state index in [1.165, 1.54) is 6.07 Å². The second kappa shape index (κ2) is 5.65. The van der Waals surface area contributed by atoms with E-state index < -0.39 is 10.0 Å². The monoisotopic (exact) mass is 312 g/mol. The summed E-state index contributed by atoms with van der Waals surface area (Å²) in [5.41, 5.74) is 5.81. The van der Waals surface area contributed by atoms with Gasteiger partial charge in [-0.3, -0.25) is 0 Å². The van der Waals surface area contributed by atoms with E-state index in [-0.39, 0.29) is 22.3 Å². The molecule has 0 unspecified atom stereocenters. The predicted molar refractivity (Wildman–Crippen MR) is 75.4 cm³/mol. The second-order valence-corrected chi connectivity index (χ2v) is 6.09. The molecule has 0 aliphatic heterocycles. The van der Waals surface area contributed by atoms with Gasteiger partial charge in [0, 0.05) is 12.5 Å². The smallest absolute Gasteiger partial charge is 0.241 e. The average Bonchev–Trinajstić information content (AvgIpc) is 2.82. The molecule has 106 valence electrons. The van der Waals surface area contributed by atoms with Crippen molar-refractivity contribution in [2.24, 2.45) is 5.73 Å². The molecule has 1 aromatic carbocycles. The summed E-state index contributed by atoms with van der Waals surface area (Å²) >= 11 is 4.85. The second-order valence-electron chi connectivity index (χ2n) is 3.91. The van der Waals surface area contributed by atoms with Crippen molar-refractivity contribution in [3.8, 4) is 0 Å². The Bertz CT molecular complexity index is 740. The van der Waals surface area contributed by atoms with Crippen LogP contribution in [0.3, 0.4) is 0 Å². The molecule has 7 nitrogen and oxygen atoms in total. The number of nitrogens with zero attached hydrogens (tertiary/aromatic N) is 2. The Kier molecular flexibility index (Phi) is 4.12. The maximum absolute atomic E-state index is 12.2. The third kappa shape index (κ3) is 3.18. The molecule has 0 fully saturated rings. The van der Waals surface area contributed by atoms with Gasteiger partial charge < -0.3 is 10.3 Å². The fourth-order valence-electron chi connectivity index (χ4n) is 1.55. The Morgan fingerprint density at radius 1 is 1.45 bits per heavy atom. The molecule has 9 heteroatoms. The quantitative estimate of drug-likeness (QED) is 0.773. The molecule has 2 aromatic rings. The highest BCUT2D eigenvalue weighted by Gasteiger charge is 2.19. The van der Waals surface area contributed by atoms with Gasteiger partial charge in [-0.2, -0.15) is 4.98 Å². The Balaban J connectivity index is 2.25. The molecule has 2 rings (SSSR count). The largest absolute Gasteiger partial charge is 0.389 e. The normalized spacial score (nSPS) is 11.4. The molecule has 3 N–H and O–H groups in total. The van der Waals surface area contributed by atoms with E-state index in [0.717, 1.165) is 0 Å². The minimum atomic E-state index is -3.76. The molecule has 1 heterocycles. The van der Waals surface area contributed by atoms with Gasteiger partial charge in [0.2, 0.25) is 15.9 Å². The van der Waals surface area contributed by atoms with E-state index in [1.807, 2.05) is 0 Å². The zero-order chi connectivity index (χ0) is 14.8. The first-order valence-corrected chi connectivity index (χ1v) is 7.47. The van der Waals surface area contributed by atoms with Gasteiger partial charge in [0.25, 0.3) is 0 Å². The number of thiocarbonyl (C=S) groups is 1. The van der Waals surface area contributed by atoms with Crippen LogP contribution in [0.2, 0.25) is 0 Å². The maximum atomic E-state index is 12.2. The van der Waals surface area contributed by atoms with Crippen LogP contribution in [0.4, 0.5) is 0 Å². The number of hydrogen-bond donors (Lipinski definition) is 2. The predicted octanol–water partition coefficient (Wildman–Crippen LogP) is 0.491. The number of rotatable bonds is 5. The first-order valence-electron chi connectivity index (χ1n) is 5.58. The van der Waals surface area contributed by atoms with Crippen LogP contribution in [0.25, 0.3) is 0 Å². The van der Waals surface area contributed by atoms with E-state index in [4.69, 9.17) is 22.5 Å². The third-order valence-electron chi connectivity index (χ3n) is 2.43. The van der Waals surface area contributed by atoms with Gasteiger partial charge in [-0.15, -0.1) is 0 Å². The number of benzene rings is 1. The van der Waals surface area contributed by atoms with Crippen LogP contribution < -0.4 is 10.5 Å². The topological polar surface area (TPSA) is 111 Å². The summed E-state index contributed by atoms with van der Waals surface area (Å²) in [6.07, 6.45) is 0. The van der Waals surface area contributed by atoms with Crippen molar-refractivity contribution in [2.75, 3.05) is 0 Å². The summed E-state index contributed by atoms with van der Waals surface area (Å²) in [7, 11) is -3.76. The minimum Gasteiger partial charge on any atom is -0.389 e. The lowest BCUT2D eigenvalue weighted by Crippen LogP contribution is -2.26. The maximum Gasteiger partial charge on any atom is 0.241 e. The van der Waals surface area contributed by atoms with Gasteiger partial charge in [0.1, 0.15) is 4.99 Å². The fourth-order valence-corrected chi connectivity index (χ4v) is 3.00. The lowest BCUT2D eigenvalue weighted by atomic mass is 10.2. The van der Waals surface area contributed by atoms with Gasteiger partial charge in [-0.1, -0.05) is 35.6 Å². The summed E-state index contributed by atoms with van der Waals surface area (Å²) in [5, 5.41) is 3.61. The number of hydrogen-bond acceptors (Lipinski definition) is 6. The Hall–Kier alpha value is -1.84. The molecular weight excluding hydrogens is 300 g/mol. The fraction of sp³-hybridized carbons (Fsp3) is 0.182. The number of aryl methyl sites for hydroxylation is 1. The summed E-state index contributed by atoms with van der Waals surface area (Å²) in [5.74, 6) is 0.613. The zero-order valence-electron chi connectivity index (χ0n) is 10.5. The van der Waals surface area contributed by atoms with Crippen molar-refractivity contribution in [1.29, 1.82) is 0 Å². The molecule has 1 aromatic heterocycles. The molecule has 0 amide bonds. The van der Waals surface area contributed by atoms with Gasteiger partial charge in [-0.25, -0.2) is 13.1 Å². The van der Waals surface area contributed by atoms with Gasteiger partial charge in [0.15, 0.2) is 5.82 Å². The summed E-state index contributed by atoms with van der Waals surface area (Å²) in [6, 6.07) is 6.23. The van der Waals surface area contributed by atoms with Crippen molar-refractivity contribution in [2.45, 2.75) is 18.4 Å². The van der Waals surface area contributed by atoms with Gasteiger partial charge in [0.05, 0.1) is 11.4 Å². The number of nitrogens with one attached hydrogen (secondary N) is 1. The van der Waals surface area contributed by atoms with Crippen molar-refractivity contribution < 1.29 is 12.9 Å². The van der Waals surface area contributed by atoms with E-state index in [9.17, 15) is 8.42 Å². The summed E-state index contributed by atoms with van der Waals surface area (Å²) in [4.78, 5) is 3.95. The SMILES string of the molecule is Cc1nc(CNS(=O)(=O)c2ccccc2C(N)=S)no1. The van der Waals surface area contributed by atoms with Crippen LogP contribution in [-0.2, 0) is 16.6 Å². The number of sulfonamides is 1. The molecule has 0 saturated heterocycles. The lowest BCUT2D eigenvalue weighted by molar-refractivity contribution is 0.387. The molecule has 0 atom stereocenters. The highest BCUT2D eigenvalue weighted by Crippen LogP contribution is 2.15. The van der Waals surface area contributed by atoms with Crippen molar-refractivity contribution >= 4 is 27.2 Å². The molecule has 0 aliphatic carbocycles. The number of aromatic nitrogens is 2. The molecule has 0 spiro atoms. The van der Waals surface area contributed by atoms with E-state index in [0.29, 0.717) is 11.5 Å². The summed E-state index contributed by atoms with van der Waals surface area (Å²) < 4.78 is 31.6. The van der Waals surface area contributed by atoms with Crippen LogP contribution >= 0.6 is 12.2 Å². The molecular formula is C11H12N4O3S2. The Labute approximate surface area is 121 Å². The molecule has 20 heavy (non-hydrogen) atoms. The first kappa shape index (κ1) is 14.6. The van der Waals surface area contributed by atoms with Crippen LogP contribution in [0, 0.1) is 6.92 Å². The Morgan fingerprint density at radius 3 is 2.75 bits per heavy atom. The van der Waals surface area contributed by atoms with Crippen LogP contribution in [0.5, 0.6) is 0 Å². The van der Waals surface area contributed by atoms with E-state index in [1.54, 1.807) is 25.1 Å². The average molecular weight is 312 g/mol. The Morgan fingerprint density at radius 2 is 2.15 bits per heavy atom.